The van der Waals surface area contributed by atoms with Crippen LogP contribution in [0.5, 0.6) is 5.75 Å². The van der Waals surface area contributed by atoms with E-state index in [1.807, 2.05) is 12.1 Å². The first-order chi connectivity index (χ1) is 8.15. The van der Waals surface area contributed by atoms with Gasteiger partial charge in [0.25, 0.3) is 0 Å². The van der Waals surface area contributed by atoms with Crippen LogP contribution in [-0.4, -0.2) is 6.61 Å². The zero-order valence-corrected chi connectivity index (χ0v) is 10.6. The van der Waals surface area contributed by atoms with Crippen molar-refractivity contribution in [2.24, 2.45) is 5.41 Å². The highest BCUT2D eigenvalue weighted by Crippen LogP contribution is 2.48. The second-order valence-corrected chi connectivity index (χ2v) is 5.35. The van der Waals surface area contributed by atoms with Gasteiger partial charge < -0.3 is 4.74 Å². The summed E-state index contributed by atoms with van der Waals surface area (Å²) in [5.74, 6) is 1.45. The molecule has 0 aliphatic heterocycles. The van der Waals surface area contributed by atoms with Crippen molar-refractivity contribution in [3.8, 4) is 11.8 Å². The zero-order chi connectivity index (χ0) is 12.3. The second-order valence-electron chi connectivity index (χ2n) is 5.35. The number of benzene rings is 1. The van der Waals surface area contributed by atoms with E-state index < -0.39 is 0 Å². The Hall–Kier alpha value is -1.49. The molecule has 0 bridgehead atoms. The highest BCUT2D eigenvalue weighted by molar-refractivity contribution is 5.30. The number of hydrogen-bond donors (Lipinski definition) is 0. The van der Waals surface area contributed by atoms with Gasteiger partial charge in [-0.3, -0.25) is 0 Å². The van der Waals surface area contributed by atoms with Crippen LogP contribution in [0.1, 0.15) is 44.6 Å². The molecule has 0 unspecified atom stereocenters. The molecule has 1 aliphatic rings. The van der Waals surface area contributed by atoms with Gasteiger partial charge in [-0.25, -0.2) is 0 Å². The lowest BCUT2D eigenvalue weighted by Crippen LogP contribution is -2.12. The fraction of sp³-hybridized carbons (Fsp3) is 0.533. The number of nitrogens with zero attached hydrogens (tertiary/aromatic N) is 1. The lowest BCUT2D eigenvalue weighted by Gasteiger charge is -2.14. The van der Waals surface area contributed by atoms with Gasteiger partial charge in [-0.05, 0) is 36.5 Å². The second kappa shape index (κ2) is 4.79. The molecule has 0 N–H and O–H groups in total. The van der Waals surface area contributed by atoms with Crippen LogP contribution >= 0.6 is 0 Å². The van der Waals surface area contributed by atoms with Crippen molar-refractivity contribution < 1.29 is 4.74 Å². The summed E-state index contributed by atoms with van der Waals surface area (Å²) >= 11 is 0. The minimum Gasteiger partial charge on any atom is -0.493 e. The molecule has 1 fully saturated rings. The summed E-state index contributed by atoms with van der Waals surface area (Å²) in [5, 5.41) is 8.75. The van der Waals surface area contributed by atoms with Gasteiger partial charge in [0.1, 0.15) is 5.75 Å². The number of hydrogen-bond acceptors (Lipinski definition) is 2. The SMILES string of the molecule is CC(C)c1cccc(OCC2(CC#N)CC2)c1. The van der Waals surface area contributed by atoms with Crippen LogP contribution in [0.25, 0.3) is 0 Å². The van der Waals surface area contributed by atoms with Gasteiger partial charge in [-0.1, -0.05) is 26.0 Å². The Morgan fingerprint density at radius 2 is 2.18 bits per heavy atom. The predicted octanol–water partition coefficient (Wildman–Crippen LogP) is 3.88. The summed E-state index contributed by atoms with van der Waals surface area (Å²) in [4.78, 5) is 0. The Kier molecular flexibility index (Phi) is 3.38. The minimum absolute atomic E-state index is 0.155. The van der Waals surface area contributed by atoms with Gasteiger partial charge in [-0.2, -0.15) is 5.26 Å². The molecule has 0 amide bonds. The van der Waals surface area contributed by atoms with Crippen molar-refractivity contribution in [2.45, 2.75) is 39.0 Å². The predicted molar refractivity (Wildman–Crippen MR) is 67.9 cm³/mol. The molecule has 0 aromatic heterocycles. The van der Waals surface area contributed by atoms with E-state index in [-0.39, 0.29) is 5.41 Å². The first kappa shape index (κ1) is 12.0. The average molecular weight is 229 g/mol. The first-order valence-corrected chi connectivity index (χ1v) is 6.25. The van der Waals surface area contributed by atoms with Crippen molar-refractivity contribution in [2.75, 3.05) is 6.61 Å². The monoisotopic (exact) mass is 229 g/mol. The lowest BCUT2D eigenvalue weighted by atomic mass is 10.0. The number of ether oxygens (including phenoxy) is 1. The molecule has 90 valence electrons. The quantitative estimate of drug-likeness (QED) is 0.767. The highest BCUT2D eigenvalue weighted by Gasteiger charge is 2.43. The van der Waals surface area contributed by atoms with E-state index in [1.54, 1.807) is 0 Å². The molecule has 0 spiro atoms. The van der Waals surface area contributed by atoms with Crippen molar-refractivity contribution in [3.05, 3.63) is 29.8 Å². The van der Waals surface area contributed by atoms with Crippen molar-refractivity contribution >= 4 is 0 Å². The van der Waals surface area contributed by atoms with E-state index in [9.17, 15) is 0 Å². The lowest BCUT2D eigenvalue weighted by molar-refractivity contribution is 0.236. The summed E-state index contributed by atoms with van der Waals surface area (Å²) in [6.45, 7) is 5.04. The molecule has 1 aliphatic carbocycles. The Labute approximate surface area is 103 Å². The first-order valence-electron chi connectivity index (χ1n) is 6.25. The largest absolute Gasteiger partial charge is 0.493 e. The van der Waals surface area contributed by atoms with E-state index in [0.717, 1.165) is 18.6 Å². The Morgan fingerprint density at radius 3 is 2.76 bits per heavy atom. The molecule has 0 atom stereocenters. The maximum Gasteiger partial charge on any atom is 0.119 e. The molecule has 1 aromatic carbocycles. The maximum atomic E-state index is 8.75. The minimum atomic E-state index is 0.155. The molecule has 2 rings (SSSR count). The molecule has 0 radical (unpaired) electrons. The van der Waals surface area contributed by atoms with Crippen LogP contribution in [0, 0.1) is 16.7 Å². The number of nitriles is 1. The molecule has 1 aromatic rings. The molecule has 0 saturated heterocycles. The summed E-state index contributed by atoms with van der Waals surface area (Å²) in [7, 11) is 0. The van der Waals surface area contributed by atoms with Gasteiger partial charge in [-0.15, -0.1) is 0 Å². The third-order valence-electron chi connectivity index (χ3n) is 3.48. The number of rotatable bonds is 5. The van der Waals surface area contributed by atoms with E-state index >= 15 is 0 Å². The van der Waals surface area contributed by atoms with E-state index in [0.29, 0.717) is 18.9 Å². The molecule has 1 saturated carbocycles. The van der Waals surface area contributed by atoms with Crippen LogP contribution in [0.4, 0.5) is 0 Å². The van der Waals surface area contributed by atoms with Crippen LogP contribution in [0.2, 0.25) is 0 Å². The van der Waals surface area contributed by atoms with E-state index in [2.05, 4.69) is 32.0 Å². The van der Waals surface area contributed by atoms with E-state index in [4.69, 9.17) is 10.00 Å². The van der Waals surface area contributed by atoms with Crippen LogP contribution < -0.4 is 4.74 Å². The van der Waals surface area contributed by atoms with Crippen LogP contribution in [0.15, 0.2) is 24.3 Å². The molecule has 17 heavy (non-hydrogen) atoms. The van der Waals surface area contributed by atoms with Crippen molar-refractivity contribution in [1.29, 1.82) is 5.26 Å². The van der Waals surface area contributed by atoms with E-state index in [1.165, 1.54) is 5.56 Å². The average Bonchev–Trinajstić information content (AvgIpc) is 3.08. The molecule has 2 heteroatoms. The van der Waals surface area contributed by atoms with Crippen LogP contribution in [-0.2, 0) is 0 Å². The van der Waals surface area contributed by atoms with Crippen molar-refractivity contribution in [1.82, 2.24) is 0 Å². The Bertz CT molecular complexity index is 427. The molecular weight excluding hydrogens is 210 g/mol. The molecular formula is C15H19NO. The van der Waals surface area contributed by atoms with Gasteiger partial charge in [0, 0.05) is 11.8 Å². The standard InChI is InChI=1S/C15H19NO/c1-12(2)13-4-3-5-14(10-13)17-11-15(6-7-15)8-9-16/h3-5,10,12H,6-8,11H2,1-2H3. The summed E-state index contributed by atoms with van der Waals surface area (Å²) < 4.78 is 5.83. The van der Waals surface area contributed by atoms with Crippen LogP contribution in [0.3, 0.4) is 0 Å². The molecule has 0 heterocycles. The third-order valence-corrected chi connectivity index (χ3v) is 3.48. The summed E-state index contributed by atoms with van der Waals surface area (Å²) in [6, 6.07) is 10.5. The maximum absolute atomic E-state index is 8.75. The van der Waals surface area contributed by atoms with Gasteiger partial charge in [0.15, 0.2) is 0 Å². The summed E-state index contributed by atoms with van der Waals surface area (Å²) in [6.07, 6.45) is 2.88. The van der Waals surface area contributed by atoms with Gasteiger partial charge >= 0.3 is 0 Å². The normalized spacial score (nSPS) is 16.6. The zero-order valence-electron chi connectivity index (χ0n) is 10.6. The third kappa shape index (κ3) is 3.00. The molecule has 2 nitrogen and oxygen atoms in total. The van der Waals surface area contributed by atoms with Crippen molar-refractivity contribution in [3.63, 3.8) is 0 Å². The smallest absolute Gasteiger partial charge is 0.119 e. The fourth-order valence-electron chi connectivity index (χ4n) is 1.92. The summed E-state index contributed by atoms with van der Waals surface area (Å²) in [5.41, 5.74) is 1.45. The van der Waals surface area contributed by atoms with Gasteiger partial charge in [0.05, 0.1) is 12.7 Å². The highest BCUT2D eigenvalue weighted by atomic mass is 16.5. The topological polar surface area (TPSA) is 33.0 Å². The van der Waals surface area contributed by atoms with Gasteiger partial charge in [0.2, 0.25) is 0 Å². The fourth-order valence-corrected chi connectivity index (χ4v) is 1.92. The Morgan fingerprint density at radius 1 is 1.41 bits per heavy atom. The Balaban J connectivity index is 1.95.